The third-order valence-electron chi connectivity index (χ3n) is 5.36. The lowest BCUT2D eigenvalue weighted by Gasteiger charge is -2.36. The Morgan fingerprint density at radius 3 is 2.53 bits per heavy atom. The number of amides is 1. The third-order valence-corrected chi connectivity index (χ3v) is 5.36. The van der Waals surface area contributed by atoms with Crippen LogP contribution in [0.4, 0.5) is 10.1 Å². The molecule has 0 aliphatic carbocycles. The van der Waals surface area contributed by atoms with Crippen molar-refractivity contribution in [2.45, 2.75) is 6.54 Å². The van der Waals surface area contributed by atoms with Crippen LogP contribution in [0.5, 0.6) is 0 Å². The van der Waals surface area contributed by atoms with Crippen LogP contribution in [0.15, 0.2) is 65.8 Å². The average Bonchev–Trinajstić information content (AvgIpc) is 3.50. The molecule has 1 amide bonds. The number of anilines is 1. The lowest BCUT2D eigenvalue weighted by molar-refractivity contribution is -0.132. The van der Waals surface area contributed by atoms with E-state index in [9.17, 15) is 9.18 Å². The van der Waals surface area contributed by atoms with Gasteiger partial charge in [-0.25, -0.2) is 9.37 Å². The Morgan fingerprint density at radius 2 is 1.78 bits per heavy atom. The number of carbonyl (C=O) groups is 1. The van der Waals surface area contributed by atoms with Gasteiger partial charge in [0.1, 0.15) is 18.1 Å². The molecule has 1 fully saturated rings. The molecule has 0 spiro atoms. The first kappa shape index (κ1) is 19.9. The smallest absolute Gasteiger partial charge is 0.258 e. The molecular formula is C22H20FN7O2. The van der Waals surface area contributed by atoms with Crippen LogP contribution in [0.1, 0.15) is 0 Å². The summed E-state index contributed by atoms with van der Waals surface area (Å²) >= 11 is 0. The lowest BCUT2D eigenvalue weighted by atomic mass is 10.2. The molecule has 162 valence electrons. The minimum absolute atomic E-state index is 0.0123. The number of imidazole rings is 1. The van der Waals surface area contributed by atoms with Gasteiger partial charge in [-0.15, -0.1) is 0 Å². The van der Waals surface area contributed by atoms with E-state index in [4.69, 9.17) is 4.52 Å². The van der Waals surface area contributed by atoms with Gasteiger partial charge in [0.15, 0.2) is 0 Å². The van der Waals surface area contributed by atoms with Crippen LogP contribution in [0.25, 0.3) is 23.0 Å². The average molecular weight is 433 g/mol. The van der Waals surface area contributed by atoms with Crippen molar-refractivity contribution in [1.82, 2.24) is 29.6 Å². The zero-order chi connectivity index (χ0) is 21.9. The number of rotatable bonds is 5. The summed E-state index contributed by atoms with van der Waals surface area (Å²) in [6, 6.07) is 9.99. The first-order valence-corrected chi connectivity index (χ1v) is 10.2. The fourth-order valence-electron chi connectivity index (χ4n) is 3.62. The van der Waals surface area contributed by atoms with Gasteiger partial charge in [-0.1, -0.05) is 5.16 Å². The van der Waals surface area contributed by atoms with Crippen molar-refractivity contribution in [1.29, 1.82) is 0 Å². The van der Waals surface area contributed by atoms with E-state index in [0.717, 1.165) is 11.3 Å². The van der Waals surface area contributed by atoms with Gasteiger partial charge in [0, 0.05) is 56.0 Å². The Kier molecular flexibility index (Phi) is 5.32. The van der Waals surface area contributed by atoms with Gasteiger partial charge >= 0.3 is 0 Å². The van der Waals surface area contributed by atoms with E-state index in [1.165, 1.54) is 12.1 Å². The van der Waals surface area contributed by atoms with Gasteiger partial charge in [0.25, 0.3) is 5.89 Å². The Hall–Kier alpha value is -4.08. The lowest BCUT2D eigenvalue weighted by Crippen LogP contribution is -2.49. The van der Waals surface area contributed by atoms with Crippen LogP contribution in [0, 0.1) is 5.82 Å². The Morgan fingerprint density at radius 1 is 1.03 bits per heavy atom. The number of piperazine rings is 1. The highest BCUT2D eigenvalue weighted by Crippen LogP contribution is 2.21. The highest BCUT2D eigenvalue weighted by atomic mass is 19.1. The molecule has 10 heteroatoms. The molecule has 0 radical (unpaired) electrons. The van der Waals surface area contributed by atoms with Crippen LogP contribution in [-0.2, 0) is 11.3 Å². The number of pyridine rings is 1. The summed E-state index contributed by atoms with van der Waals surface area (Å²) in [5, 5.41) is 3.98. The largest absolute Gasteiger partial charge is 0.368 e. The molecule has 5 rings (SSSR count). The Bertz CT molecular complexity index is 1200. The molecule has 1 aliphatic rings. The molecule has 1 aliphatic heterocycles. The maximum atomic E-state index is 13.1. The van der Waals surface area contributed by atoms with Gasteiger partial charge in [-0.2, -0.15) is 4.98 Å². The van der Waals surface area contributed by atoms with Crippen molar-refractivity contribution >= 4 is 11.6 Å². The quantitative estimate of drug-likeness (QED) is 0.477. The molecule has 1 aromatic carbocycles. The number of halogens is 1. The van der Waals surface area contributed by atoms with Crippen molar-refractivity contribution in [3.05, 3.63) is 67.1 Å². The second-order valence-electron chi connectivity index (χ2n) is 7.43. The number of hydrogen-bond donors (Lipinski definition) is 0. The van der Waals surface area contributed by atoms with Gasteiger partial charge < -0.3 is 18.9 Å². The first-order chi connectivity index (χ1) is 15.7. The summed E-state index contributed by atoms with van der Waals surface area (Å²) in [7, 11) is 0. The van der Waals surface area contributed by atoms with E-state index in [2.05, 4.69) is 25.0 Å². The second-order valence-corrected chi connectivity index (χ2v) is 7.43. The van der Waals surface area contributed by atoms with E-state index in [1.54, 1.807) is 53.8 Å². The van der Waals surface area contributed by atoms with Crippen molar-refractivity contribution in [3.63, 3.8) is 0 Å². The molecule has 1 saturated heterocycles. The van der Waals surface area contributed by atoms with E-state index in [-0.39, 0.29) is 18.3 Å². The highest BCUT2D eigenvalue weighted by Gasteiger charge is 2.22. The zero-order valence-electron chi connectivity index (χ0n) is 17.1. The maximum Gasteiger partial charge on any atom is 0.258 e. The molecule has 0 N–H and O–H groups in total. The fraction of sp³-hybridized carbons (Fsp3) is 0.227. The van der Waals surface area contributed by atoms with E-state index in [0.29, 0.717) is 43.6 Å². The summed E-state index contributed by atoms with van der Waals surface area (Å²) < 4.78 is 20.1. The van der Waals surface area contributed by atoms with Gasteiger partial charge in [0.05, 0.1) is 6.33 Å². The molecule has 0 bridgehead atoms. The van der Waals surface area contributed by atoms with E-state index in [1.807, 2.05) is 4.90 Å². The minimum Gasteiger partial charge on any atom is -0.368 e. The number of nitrogens with zero attached hydrogens (tertiary/aromatic N) is 7. The fourth-order valence-corrected chi connectivity index (χ4v) is 3.62. The van der Waals surface area contributed by atoms with Crippen molar-refractivity contribution in [3.8, 4) is 23.0 Å². The summed E-state index contributed by atoms with van der Waals surface area (Å²) in [6.45, 7) is 2.80. The number of carbonyl (C=O) groups excluding carboxylic acids is 1. The second kappa shape index (κ2) is 8.58. The van der Waals surface area contributed by atoms with Gasteiger partial charge in [0.2, 0.25) is 11.7 Å². The number of aromatic nitrogens is 5. The SMILES string of the molecule is O=C(Cn1cnc(-c2noc(-c3ccncc3)n2)c1)N1CCN(c2ccc(F)cc2)CC1. The van der Waals surface area contributed by atoms with Crippen LogP contribution < -0.4 is 4.90 Å². The Labute approximate surface area is 183 Å². The van der Waals surface area contributed by atoms with Gasteiger partial charge in [-0.3, -0.25) is 9.78 Å². The molecular weight excluding hydrogens is 413 g/mol. The van der Waals surface area contributed by atoms with Crippen LogP contribution in [0.3, 0.4) is 0 Å². The highest BCUT2D eigenvalue weighted by molar-refractivity contribution is 5.76. The molecule has 4 aromatic rings. The maximum absolute atomic E-state index is 13.1. The summed E-state index contributed by atoms with van der Waals surface area (Å²) in [6.07, 6.45) is 6.62. The van der Waals surface area contributed by atoms with E-state index >= 15 is 0 Å². The first-order valence-electron chi connectivity index (χ1n) is 10.2. The van der Waals surface area contributed by atoms with Crippen LogP contribution in [-0.4, -0.2) is 61.7 Å². The Balaban J connectivity index is 1.18. The van der Waals surface area contributed by atoms with Crippen molar-refractivity contribution in [2.75, 3.05) is 31.1 Å². The number of hydrogen-bond acceptors (Lipinski definition) is 7. The topological polar surface area (TPSA) is 93.2 Å². The molecule has 9 nitrogen and oxygen atoms in total. The zero-order valence-corrected chi connectivity index (χ0v) is 17.1. The van der Waals surface area contributed by atoms with Gasteiger partial charge in [-0.05, 0) is 36.4 Å². The molecule has 4 heterocycles. The molecule has 32 heavy (non-hydrogen) atoms. The molecule has 0 saturated carbocycles. The third kappa shape index (κ3) is 4.20. The molecule has 0 unspecified atom stereocenters. The van der Waals surface area contributed by atoms with Crippen LogP contribution >= 0.6 is 0 Å². The molecule has 3 aromatic heterocycles. The van der Waals surface area contributed by atoms with Crippen molar-refractivity contribution < 1.29 is 13.7 Å². The van der Waals surface area contributed by atoms with Crippen molar-refractivity contribution in [2.24, 2.45) is 0 Å². The monoisotopic (exact) mass is 433 g/mol. The van der Waals surface area contributed by atoms with E-state index < -0.39 is 0 Å². The predicted octanol–water partition coefficient (Wildman–Crippen LogP) is 2.48. The molecule has 0 atom stereocenters. The normalized spacial score (nSPS) is 14.0. The summed E-state index contributed by atoms with van der Waals surface area (Å²) in [4.78, 5) is 29.4. The predicted molar refractivity (Wildman–Crippen MR) is 114 cm³/mol. The number of benzene rings is 1. The summed E-state index contributed by atoms with van der Waals surface area (Å²) in [5.74, 6) is 0.498. The van der Waals surface area contributed by atoms with Crippen LogP contribution in [0.2, 0.25) is 0 Å². The standard InChI is InChI=1S/C22H20FN7O2/c23-17-1-3-18(4-2-17)29-9-11-30(12-10-29)20(31)14-28-13-19(25-15-28)21-26-22(32-27-21)16-5-7-24-8-6-16/h1-8,13,15H,9-12,14H2. The summed E-state index contributed by atoms with van der Waals surface area (Å²) in [5.41, 5.74) is 2.26. The minimum atomic E-state index is -0.253.